The summed E-state index contributed by atoms with van der Waals surface area (Å²) in [6.45, 7) is 0.812. The van der Waals surface area contributed by atoms with Crippen molar-refractivity contribution in [2.75, 3.05) is 19.3 Å². The number of nitrogens with zero attached hydrogens (tertiary/aromatic N) is 2. The first-order chi connectivity index (χ1) is 16.3. The Hall–Kier alpha value is -2.55. The van der Waals surface area contributed by atoms with E-state index in [4.69, 9.17) is 23.2 Å². The van der Waals surface area contributed by atoms with Crippen LogP contribution in [0.4, 0.5) is 0 Å². The normalized spacial score (nSPS) is 15.3. The topological polar surface area (TPSA) is 99.6 Å². The van der Waals surface area contributed by atoms with Gasteiger partial charge in [0.2, 0.25) is 11.8 Å². The average molecular weight is 522 g/mol. The molecule has 1 aliphatic heterocycles. The van der Waals surface area contributed by atoms with Crippen LogP contribution in [0.1, 0.15) is 24.0 Å². The Labute approximate surface area is 212 Å². The molecule has 2 aromatic rings. The number of rotatable bonds is 8. The summed E-state index contributed by atoms with van der Waals surface area (Å²) >= 11 is 14.0. The van der Waals surface area contributed by atoms with Crippen LogP contribution in [0.15, 0.2) is 47.6 Å². The summed E-state index contributed by atoms with van der Waals surface area (Å²) in [5.41, 5.74) is 1.43. The number of nitrogens with one attached hydrogen (secondary N) is 1. The number of aromatic nitrogens is 1. The van der Waals surface area contributed by atoms with Crippen molar-refractivity contribution < 1.29 is 19.5 Å². The SMILES string of the molecule is CSc1ccc(/C=C/C(=O)N2CCC(C(=O)N[C@@H](Cc3ccncc3)C(=O)O)CC2)c(Cl)c1Cl. The minimum Gasteiger partial charge on any atom is -0.480 e. The van der Waals surface area contributed by atoms with Crippen molar-refractivity contribution in [2.45, 2.75) is 30.2 Å². The number of carbonyl (C=O) groups is 3. The van der Waals surface area contributed by atoms with E-state index in [0.717, 1.165) is 10.5 Å². The summed E-state index contributed by atoms with van der Waals surface area (Å²) in [6, 6.07) is 6.08. The zero-order valence-electron chi connectivity index (χ0n) is 18.5. The zero-order chi connectivity index (χ0) is 24.7. The Morgan fingerprint density at radius 3 is 2.47 bits per heavy atom. The molecule has 0 saturated carbocycles. The van der Waals surface area contributed by atoms with E-state index in [0.29, 0.717) is 41.5 Å². The quantitative estimate of drug-likeness (QED) is 0.399. The number of carboxylic acids is 1. The van der Waals surface area contributed by atoms with Gasteiger partial charge in [-0.25, -0.2) is 4.79 Å². The number of aliphatic carboxylic acids is 1. The van der Waals surface area contributed by atoms with Crippen LogP contribution in [0.5, 0.6) is 0 Å². The van der Waals surface area contributed by atoms with E-state index in [2.05, 4.69) is 10.3 Å². The summed E-state index contributed by atoms with van der Waals surface area (Å²) in [6.07, 6.45) is 9.25. The summed E-state index contributed by atoms with van der Waals surface area (Å²) in [4.78, 5) is 43.4. The molecule has 10 heteroatoms. The van der Waals surface area contributed by atoms with Crippen molar-refractivity contribution in [3.05, 3.63) is 63.9 Å². The lowest BCUT2D eigenvalue weighted by Gasteiger charge is -2.31. The maximum absolute atomic E-state index is 12.7. The Bertz CT molecular complexity index is 1070. The summed E-state index contributed by atoms with van der Waals surface area (Å²) in [5.74, 6) is -1.92. The second-order valence-electron chi connectivity index (χ2n) is 7.88. The van der Waals surface area contributed by atoms with Gasteiger partial charge in [0.25, 0.3) is 0 Å². The summed E-state index contributed by atoms with van der Waals surface area (Å²) in [7, 11) is 0. The smallest absolute Gasteiger partial charge is 0.326 e. The molecule has 1 aromatic heterocycles. The largest absolute Gasteiger partial charge is 0.480 e. The van der Waals surface area contributed by atoms with Crippen molar-refractivity contribution in [2.24, 2.45) is 5.92 Å². The predicted octanol–water partition coefficient (Wildman–Crippen LogP) is 4.17. The number of benzene rings is 1. The highest BCUT2D eigenvalue weighted by atomic mass is 35.5. The second kappa shape index (κ2) is 12.2. The van der Waals surface area contributed by atoms with Crippen molar-refractivity contribution >= 4 is 58.8 Å². The van der Waals surface area contributed by atoms with Gasteiger partial charge in [-0.2, -0.15) is 0 Å². The molecule has 0 bridgehead atoms. The van der Waals surface area contributed by atoms with Crippen molar-refractivity contribution in [1.82, 2.24) is 15.2 Å². The number of carbonyl (C=O) groups excluding carboxylic acids is 2. The highest BCUT2D eigenvalue weighted by Gasteiger charge is 2.29. The number of likely N-dealkylation sites (tertiary alicyclic amines) is 1. The molecular formula is C24H25Cl2N3O4S. The number of thioether (sulfide) groups is 1. The predicted molar refractivity (Wildman–Crippen MR) is 134 cm³/mol. The fourth-order valence-corrected chi connectivity index (χ4v) is 4.88. The molecular weight excluding hydrogens is 497 g/mol. The van der Waals surface area contributed by atoms with Gasteiger partial charge >= 0.3 is 5.97 Å². The fraction of sp³-hybridized carbons (Fsp3) is 0.333. The van der Waals surface area contributed by atoms with Crippen molar-refractivity contribution in [3.63, 3.8) is 0 Å². The highest BCUT2D eigenvalue weighted by Crippen LogP contribution is 2.35. The van der Waals surface area contributed by atoms with E-state index in [1.165, 1.54) is 17.8 Å². The fourth-order valence-electron chi connectivity index (χ4n) is 3.71. The van der Waals surface area contributed by atoms with Crippen LogP contribution in [-0.2, 0) is 20.8 Å². The van der Waals surface area contributed by atoms with E-state index in [-0.39, 0.29) is 24.2 Å². The molecule has 1 aromatic carbocycles. The Balaban J connectivity index is 1.53. The molecule has 1 atom stereocenters. The van der Waals surface area contributed by atoms with Gasteiger partial charge < -0.3 is 15.3 Å². The molecule has 7 nitrogen and oxygen atoms in total. The van der Waals surface area contributed by atoms with Gasteiger partial charge in [0, 0.05) is 48.8 Å². The minimum absolute atomic E-state index is 0.177. The van der Waals surface area contributed by atoms with Crippen LogP contribution in [-0.4, -0.2) is 58.2 Å². The van der Waals surface area contributed by atoms with Crippen LogP contribution in [0.3, 0.4) is 0 Å². The minimum atomic E-state index is -1.09. The number of amides is 2. The van der Waals surface area contributed by atoms with E-state index < -0.39 is 12.0 Å². The molecule has 3 rings (SSSR count). The summed E-state index contributed by atoms with van der Waals surface area (Å²) < 4.78 is 0. The van der Waals surface area contributed by atoms with Gasteiger partial charge in [-0.05, 0) is 54.5 Å². The van der Waals surface area contributed by atoms with E-state index >= 15 is 0 Å². The first kappa shape index (κ1) is 26.1. The molecule has 2 amide bonds. The number of carboxylic acid groups (broad SMARTS) is 1. The van der Waals surface area contributed by atoms with E-state index in [1.807, 2.05) is 18.4 Å². The van der Waals surface area contributed by atoms with Crippen LogP contribution in [0, 0.1) is 5.92 Å². The third kappa shape index (κ3) is 6.74. The van der Waals surface area contributed by atoms with E-state index in [9.17, 15) is 19.5 Å². The van der Waals surface area contributed by atoms with Crippen LogP contribution < -0.4 is 5.32 Å². The zero-order valence-corrected chi connectivity index (χ0v) is 20.9. The van der Waals surface area contributed by atoms with Gasteiger partial charge in [-0.3, -0.25) is 14.6 Å². The third-order valence-electron chi connectivity index (χ3n) is 5.68. The number of pyridine rings is 1. The lowest BCUT2D eigenvalue weighted by atomic mass is 9.95. The second-order valence-corrected chi connectivity index (χ2v) is 9.48. The molecule has 1 aliphatic rings. The van der Waals surface area contributed by atoms with Gasteiger partial charge in [-0.1, -0.05) is 29.3 Å². The molecule has 180 valence electrons. The number of hydrogen-bond acceptors (Lipinski definition) is 5. The molecule has 0 aliphatic carbocycles. The Kier molecular flexibility index (Phi) is 9.38. The molecule has 1 saturated heterocycles. The molecule has 1 fully saturated rings. The monoisotopic (exact) mass is 521 g/mol. The molecule has 2 N–H and O–H groups in total. The Morgan fingerprint density at radius 2 is 1.85 bits per heavy atom. The van der Waals surface area contributed by atoms with Crippen molar-refractivity contribution in [1.29, 1.82) is 0 Å². The molecule has 34 heavy (non-hydrogen) atoms. The standard InChI is InChI=1S/C24H25Cl2N3O4S/c1-34-19-4-2-16(21(25)22(19)26)3-5-20(30)29-12-8-17(9-13-29)23(31)28-18(24(32)33)14-15-6-10-27-11-7-15/h2-7,10-11,17-18H,8-9,12-14H2,1H3,(H,28,31)(H,32,33)/b5-3+/t18-/m0/s1. The molecule has 0 radical (unpaired) electrons. The molecule has 2 heterocycles. The maximum atomic E-state index is 12.7. The molecule has 0 unspecified atom stereocenters. The lowest BCUT2D eigenvalue weighted by Crippen LogP contribution is -2.48. The van der Waals surface area contributed by atoms with Gasteiger partial charge in [-0.15, -0.1) is 11.8 Å². The van der Waals surface area contributed by atoms with Gasteiger partial charge in [0.15, 0.2) is 0 Å². The van der Waals surface area contributed by atoms with Gasteiger partial charge in [0.05, 0.1) is 10.0 Å². The summed E-state index contributed by atoms with van der Waals surface area (Å²) in [5, 5.41) is 13.0. The van der Waals surface area contributed by atoms with Crippen LogP contribution >= 0.6 is 35.0 Å². The first-order valence-corrected chi connectivity index (χ1v) is 12.7. The van der Waals surface area contributed by atoms with Gasteiger partial charge in [0.1, 0.15) is 6.04 Å². The van der Waals surface area contributed by atoms with E-state index in [1.54, 1.807) is 35.5 Å². The number of hydrogen-bond donors (Lipinski definition) is 2. The Morgan fingerprint density at radius 1 is 1.18 bits per heavy atom. The third-order valence-corrected chi connectivity index (χ3v) is 7.47. The molecule has 0 spiro atoms. The number of piperidine rings is 1. The first-order valence-electron chi connectivity index (χ1n) is 10.7. The number of halogens is 2. The van der Waals surface area contributed by atoms with Crippen LogP contribution in [0.25, 0.3) is 6.08 Å². The van der Waals surface area contributed by atoms with Crippen LogP contribution in [0.2, 0.25) is 10.0 Å². The maximum Gasteiger partial charge on any atom is 0.326 e. The average Bonchev–Trinajstić information content (AvgIpc) is 2.85. The lowest BCUT2D eigenvalue weighted by molar-refractivity contribution is -0.142. The van der Waals surface area contributed by atoms with Crippen molar-refractivity contribution in [3.8, 4) is 0 Å². The highest BCUT2D eigenvalue weighted by molar-refractivity contribution is 7.98.